The van der Waals surface area contributed by atoms with Gasteiger partial charge >= 0.3 is 0 Å². The molecule has 0 nitrogen and oxygen atoms in total. The Balaban J connectivity index is 3.95. The first kappa shape index (κ1) is 9.57. The maximum absolute atomic E-state index is 3.70. The summed E-state index contributed by atoms with van der Waals surface area (Å²) in [5.74, 6) is 0. The topological polar surface area (TPSA) is 0 Å². The quantitative estimate of drug-likeness (QED) is 0.559. The number of hydrogen-bond acceptors (Lipinski definition) is 1. The zero-order valence-electron chi connectivity index (χ0n) is 6.63. The van der Waals surface area contributed by atoms with E-state index in [1.54, 1.807) is 17.8 Å². The summed E-state index contributed by atoms with van der Waals surface area (Å²) in [6.45, 7) is 11.6. The lowest BCUT2D eigenvalue weighted by Gasteiger charge is -2.02. The monoisotopic (exact) mass is 154 g/mol. The molecule has 0 aliphatic heterocycles. The van der Waals surface area contributed by atoms with Crippen molar-refractivity contribution in [3.63, 3.8) is 0 Å². The van der Waals surface area contributed by atoms with Crippen LogP contribution in [0.25, 0.3) is 0 Å². The van der Waals surface area contributed by atoms with E-state index >= 15 is 0 Å². The molecule has 0 aliphatic carbocycles. The minimum absolute atomic E-state index is 0.615. The second-order valence-corrected chi connectivity index (χ2v) is 3.83. The van der Waals surface area contributed by atoms with Gasteiger partial charge in [-0.2, -0.15) is 0 Å². The van der Waals surface area contributed by atoms with Gasteiger partial charge in [0.2, 0.25) is 0 Å². The first-order valence-corrected chi connectivity index (χ1v) is 4.20. The molecule has 0 saturated heterocycles. The van der Waals surface area contributed by atoms with Crippen LogP contribution in [-0.4, -0.2) is 5.25 Å². The van der Waals surface area contributed by atoms with E-state index in [4.69, 9.17) is 0 Å². The lowest BCUT2D eigenvalue weighted by atomic mass is 10.5. The highest BCUT2D eigenvalue weighted by molar-refractivity contribution is 8.03. The van der Waals surface area contributed by atoms with E-state index < -0.39 is 0 Å². The summed E-state index contributed by atoms with van der Waals surface area (Å²) in [4.78, 5) is 1.19. The van der Waals surface area contributed by atoms with Crippen molar-refractivity contribution < 1.29 is 0 Å². The van der Waals surface area contributed by atoms with Gasteiger partial charge in [0, 0.05) is 10.2 Å². The van der Waals surface area contributed by atoms with Gasteiger partial charge in [-0.3, -0.25) is 0 Å². The van der Waals surface area contributed by atoms with Crippen LogP contribution in [0.3, 0.4) is 0 Å². The Morgan fingerprint density at radius 3 is 2.30 bits per heavy atom. The Morgan fingerprint density at radius 1 is 1.40 bits per heavy atom. The Bertz CT molecular complexity index is 143. The predicted octanol–water partition coefficient (Wildman–Crippen LogP) is 3.38. The molecule has 0 N–H and O–H groups in total. The molecule has 56 valence electrons. The minimum Gasteiger partial charge on any atom is -0.123 e. The van der Waals surface area contributed by atoms with Gasteiger partial charge in [0.15, 0.2) is 0 Å². The van der Waals surface area contributed by atoms with Crippen molar-refractivity contribution in [2.45, 2.75) is 19.1 Å². The number of thioether (sulfide) groups is 1. The molecule has 0 fully saturated rings. The minimum atomic E-state index is 0.615. The highest BCUT2D eigenvalue weighted by Gasteiger charge is 1.94. The molecule has 0 radical (unpaired) electrons. The zero-order valence-corrected chi connectivity index (χ0v) is 7.45. The second-order valence-electron chi connectivity index (χ2n) is 2.18. The molecule has 0 rings (SSSR count). The molecule has 0 spiro atoms. The van der Waals surface area contributed by atoms with Crippen molar-refractivity contribution >= 4 is 11.8 Å². The van der Waals surface area contributed by atoms with E-state index in [-0.39, 0.29) is 0 Å². The SMILES string of the molecule is C=C/C=C(\C=C)SC(C)C. The number of hydrogen-bond donors (Lipinski definition) is 0. The third kappa shape index (κ3) is 4.45. The molecule has 0 amide bonds. The van der Waals surface area contributed by atoms with Crippen molar-refractivity contribution in [1.82, 2.24) is 0 Å². The molecule has 0 bridgehead atoms. The number of allylic oxidation sites excluding steroid dienone is 3. The molecular weight excluding hydrogens is 140 g/mol. The van der Waals surface area contributed by atoms with Crippen LogP contribution in [0.5, 0.6) is 0 Å². The van der Waals surface area contributed by atoms with Gasteiger partial charge < -0.3 is 0 Å². The van der Waals surface area contributed by atoms with Crippen LogP contribution in [0.15, 0.2) is 36.3 Å². The molecule has 0 heterocycles. The van der Waals surface area contributed by atoms with E-state index in [0.717, 1.165) is 0 Å². The third-order valence-electron chi connectivity index (χ3n) is 0.855. The molecule has 0 aliphatic rings. The highest BCUT2D eigenvalue weighted by atomic mass is 32.2. The van der Waals surface area contributed by atoms with Gasteiger partial charge in [0.25, 0.3) is 0 Å². The molecule has 0 aromatic heterocycles. The van der Waals surface area contributed by atoms with Crippen molar-refractivity contribution in [3.8, 4) is 0 Å². The summed E-state index contributed by atoms with van der Waals surface area (Å²) in [5.41, 5.74) is 0. The molecule has 0 unspecified atom stereocenters. The molecule has 0 aromatic rings. The van der Waals surface area contributed by atoms with Gasteiger partial charge in [-0.05, 0) is 6.08 Å². The van der Waals surface area contributed by atoms with Crippen LogP contribution in [0.2, 0.25) is 0 Å². The summed E-state index contributed by atoms with van der Waals surface area (Å²) in [6.07, 6.45) is 5.61. The zero-order chi connectivity index (χ0) is 7.98. The van der Waals surface area contributed by atoms with Crippen LogP contribution in [0.1, 0.15) is 13.8 Å². The molecule has 10 heavy (non-hydrogen) atoms. The van der Waals surface area contributed by atoms with Crippen molar-refractivity contribution in [2.75, 3.05) is 0 Å². The Hall–Kier alpha value is -0.430. The Morgan fingerprint density at radius 2 is 2.00 bits per heavy atom. The summed E-state index contributed by atoms with van der Waals surface area (Å²) >= 11 is 1.80. The number of rotatable bonds is 4. The predicted molar refractivity (Wildman–Crippen MR) is 51.2 cm³/mol. The first-order chi connectivity index (χ1) is 4.70. The summed E-state index contributed by atoms with van der Waals surface area (Å²) in [5, 5.41) is 0.615. The van der Waals surface area contributed by atoms with Crippen LogP contribution < -0.4 is 0 Å². The summed E-state index contributed by atoms with van der Waals surface area (Å²) < 4.78 is 0. The fourth-order valence-electron chi connectivity index (χ4n) is 0.544. The fourth-order valence-corrected chi connectivity index (χ4v) is 1.36. The highest BCUT2D eigenvalue weighted by Crippen LogP contribution is 2.21. The maximum atomic E-state index is 3.70. The molecule has 1 heteroatoms. The van der Waals surface area contributed by atoms with Crippen molar-refractivity contribution in [1.29, 1.82) is 0 Å². The van der Waals surface area contributed by atoms with Crippen LogP contribution in [0.4, 0.5) is 0 Å². The average molecular weight is 154 g/mol. The summed E-state index contributed by atoms with van der Waals surface area (Å²) in [6, 6.07) is 0. The van der Waals surface area contributed by atoms with Crippen molar-refractivity contribution in [2.24, 2.45) is 0 Å². The fraction of sp³-hybridized carbons (Fsp3) is 0.333. The van der Waals surface area contributed by atoms with E-state index in [9.17, 15) is 0 Å². The second kappa shape index (κ2) is 5.36. The smallest absolute Gasteiger partial charge is 0.00684 e. The Labute approximate surface area is 67.7 Å². The van der Waals surface area contributed by atoms with E-state index in [1.807, 2.05) is 12.2 Å². The molecular formula is C9H14S. The van der Waals surface area contributed by atoms with E-state index in [1.165, 1.54) is 4.91 Å². The van der Waals surface area contributed by atoms with E-state index in [0.29, 0.717) is 5.25 Å². The van der Waals surface area contributed by atoms with Crippen LogP contribution in [0, 0.1) is 0 Å². The van der Waals surface area contributed by atoms with Crippen molar-refractivity contribution in [3.05, 3.63) is 36.3 Å². The van der Waals surface area contributed by atoms with Gasteiger partial charge in [-0.1, -0.05) is 39.2 Å². The van der Waals surface area contributed by atoms with Gasteiger partial charge in [-0.25, -0.2) is 0 Å². The largest absolute Gasteiger partial charge is 0.123 e. The molecule has 0 saturated carbocycles. The maximum Gasteiger partial charge on any atom is 0.00684 e. The molecule has 0 aromatic carbocycles. The lowest BCUT2D eigenvalue weighted by Crippen LogP contribution is -1.85. The lowest BCUT2D eigenvalue weighted by molar-refractivity contribution is 1.12. The summed E-state index contributed by atoms with van der Waals surface area (Å²) in [7, 11) is 0. The van der Waals surface area contributed by atoms with Crippen LogP contribution >= 0.6 is 11.8 Å². The average Bonchev–Trinajstić information content (AvgIpc) is 1.86. The first-order valence-electron chi connectivity index (χ1n) is 3.32. The van der Waals surface area contributed by atoms with Gasteiger partial charge in [-0.15, -0.1) is 11.8 Å². The third-order valence-corrected chi connectivity index (χ3v) is 1.90. The standard InChI is InChI=1S/C9H14S/c1-5-7-9(6-2)10-8(3)4/h5-8H,1-2H2,3-4H3/b9-7+. The van der Waals surface area contributed by atoms with Gasteiger partial charge in [0.05, 0.1) is 0 Å². The van der Waals surface area contributed by atoms with Crippen LogP contribution in [-0.2, 0) is 0 Å². The Kier molecular flexibility index (Phi) is 5.13. The normalized spacial score (nSPS) is 11.7. The van der Waals surface area contributed by atoms with Gasteiger partial charge in [0.1, 0.15) is 0 Å². The van der Waals surface area contributed by atoms with E-state index in [2.05, 4.69) is 27.0 Å². The molecule has 0 atom stereocenters.